The van der Waals surface area contributed by atoms with Crippen LogP contribution in [0.2, 0.25) is 0 Å². The Morgan fingerprint density at radius 1 is 1.12 bits per heavy atom. The normalized spacial score (nSPS) is 16.8. The maximum atomic E-state index is 5.28. The van der Waals surface area contributed by atoms with Crippen LogP contribution < -0.4 is 4.90 Å². The molecule has 0 N–H and O–H groups in total. The summed E-state index contributed by atoms with van der Waals surface area (Å²) < 4.78 is 5.28. The molecule has 25 heavy (non-hydrogen) atoms. The van der Waals surface area contributed by atoms with Crippen LogP contribution >= 0.6 is 0 Å². The van der Waals surface area contributed by atoms with Gasteiger partial charge >= 0.3 is 0 Å². The molecule has 134 valence electrons. The summed E-state index contributed by atoms with van der Waals surface area (Å²) in [6.45, 7) is 9.14. The van der Waals surface area contributed by atoms with Crippen LogP contribution in [0.1, 0.15) is 19.5 Å². The third-order valence-electron chi connectivity index (χ3n) is 4.74. The zero-order valence-corrected chi connectivity index (χ0v) is 15.4. The molecule has 0 spiro atoms. The van der Waals surface area contributed by atoms with E-state index in [-0.39, 0.29) is 0 Å². The van der Waals surface area contributed by atoms with Gasteiger partial charge in [0, 0.05) is 69.0 Å². The van der Waals surface area contributed by atoms with E-state index in [0.717, 1.165) is 62.1 Å². The first-order valence-electron chi connectivity index (χ1n) is 8.97. The van der Waals surface area contributed by atoms with Crippen LogP contribution in [-0.4, -0.2) is 65.8 Å². The second-order valence-corrected chi connectivity index (χ2v) is 6.46. The van der Waals surface area contributed by atoms with E-state index in [0.29, 0.717) is 6.04 Å². The lowest BCUT2D eigenvalue weighted by molar-refractivity contribution is 0.0952. The van der Waals surface area contributed by atoms with Crippen molar-refractivity contribution in [3.05, 3.63) is 36.3 Å². The van der Waals surface area contributed by atoms with Crippen molar-refractivity contribution < 1.29 is 4.74 Å². The van der Waals surface area contributed by atoms with Crippen molar-refractivity contribution in [2.75, 3.05) is 44.8 Å². The minimum absolute atomic E-state index is 0.455. The Balaban J connectivity index is 1.77. The average molecular weight is 341 g/mol. The molecule has 1 atom stereocenters. The van der Waals surface area contributed by atoms with Crippen LogP contribution in [-0.2, 0) is 11.2 Å². The highest BCUT2D eigenvalue weighted by Crippen LogP contribution is 2.21. The molecule has 3 heterocycles. The topological polar surface area (TPSA) is 54.4 Å². The van der Waals surface area contributed by atoms with Gasteiger partial charge in [0.05, 0.1) is 6.61 Å². The van der Waals surface area contributed by atoms with E-state index in [1.807, 2.05) is 12.1 Å². The van der Waals surface area contributed by atoms with E-state index in [4.69, 9.17) is 14.7 Å². The molecule has 3 rings (SSSR count). The first-order valence-corrected chi connectivity index (χ1v) is 8.97. The summed E-state index contributed by atoms with van der Waals surface area (Å²) in [6, 6.07) is 6.50. The van der Waals surface area contributed by atoms with Crippen LogP contribution in [0, 0.1) is 0 Å². The Bertz CT molecular complexity index is 671. The van der Waals surface area contributed by atoms with Crippen molar-refractivity contribution in [1.29, 1.82) is 0 Å². The maximum Gasteiger partial charge on any atom is 0.161 e. The van der Waals surface area contributed by atoms with E-state index in [2.05, 4.69) is 34.7 Å². The van der Waals surface area contributed by atoms with E-state index in [9.17, 15) is 0 Å². The molecule has 1 saturated heterocycles. The van der Waals surface area contributed by atoms with Crippen molar-refractivity contribution in [2.45, 2.75) is 26.3 Å². The van der Waals surface area contributed by atoms with Gasteiger partial charge in [-0.05, 0) is 25.5 Å². The number of hydrogen-bond donors (Lipinski definition) is 0. The number of pyridine rings is 1. The van der Waals surface area contributed by atoms with Crippen LogP contribution in [0.15, 0.2) is 30.6 Å². The molecule has 0 aliphatic carbocycles. The fourth-order valence-corrected chi connectivity index (χ4v) is 3.19. The second-order valence-electron chi connectivity index (χ2n) is 6.46. The highest BCUT2D eigenvalue weighted by molar-refractivity contribution is 5.57. The van der Waals surface area contributed by atoms with Crippen LogP contribution in [0.5, 0.6) is 0 Å². The Labute approximate surface area is 149 Å². The summed E-state index contributed by atoms with van der Waals surface area (Å²) in [6.07, 6.45) is 4.47. The number of aromatic nitrogens is 3. The van der Waals surface area contributed by atoms with Gasteiger partial charge in [0.25, 0.3) is 0 Å². The molecular formula is C19H27N5O. The highest BCUT2D eigenvalue weighted by atomic mass is 16.5. The Morgan fingerprint density at radius 2 is 1.84 bits per heavy atom. The Kier molecular flexibility index (Phi) is 5.94. The van der Waals surface area contributed by atoms with Crippen LogP contribution in [0.3, 0.4) is 0 Å². The molecular weight excluding hydrogens is 314 g/mol. The molecule has 1 fully saturated rings. The van der Waals surface area contributed by atoms with E-state index in [1.54, 1.807) is 19.5 Å². The zero-order valence-electron chi connectivity index (χ0n) is 15.4. The number of methoxy groups -OCH3 is 1. The van der Waals surface area contributed by atoms with Gasteiger partial charge in [0.2, 0.25) is 0 Å². The largest absolute Gasteiger partial charge is 0.383 e. The monoisotopic (exact) mass is 341 g/mol. The van der Waals surface area contributed by atoms with E-state index >= 15 is 0 Å². The predicted octanol–water partition coefficient (Wildman–Crippen LogP) is 2.26. The van der Waals surface area contributed by atoms with Gasteiger partial charge in [0.15, 0.2) is 5.82 Å². The molecule has 0 bridgehead atoms. The molecule has 0 aromatic carbocycles. The number of nitrogens with zero attached hydrogens (tertiary/aromatic N) is 5. The predicted molar refractivity (Wildman–Crippen MR) is 99.8 cm³/mol. The van der Waals surface area contributed by atoms with Gasteiger partial charge in [0.1, 0.15) is 5.82 Å². The first kappa shape index (κ1) is 17.8. The van der Waals surface area contributed by atoms with Gasteiger partial charge in [-0.1, -0.05) is 6.92 Å². The fourth-order valence-electron chi connectivity index (χ4n) is 3.19. The molecule has 1 aliphatic heterocycles. The first-order chi connectivity index (χ1) is 12.2. The van der Waals surface area contributed by atoms with Crippen LogP contribution in [0.25, 0.3) is 11.4 Å². The third-order valence-corrected chi connectivity index (χ3v) is 4.74. The Morgan fingerprint density at radius 3 is 2.48 bits per heavy atom. The molecule has 1 aliphatic rings. The summed E-state index contributed by atoms with van der Waals surface area (Å²) >= 11 is 0. The summed E-state index contributed by atoms with van der Waals surface area (Å²) in [7, 11) is 1.76. The lowest BCUT2D eigenvalue weighted by Gasteiger charge is -2.38. The van der Waals surface area contributed by atoms with Gasteiger partial charge in [-0.3, -0.25) is 9.88 Å². The lowest BCUT2D eigenvalue weighted by Crippen LogP contribution is -2.51. The summed E-state index contributed by atoms with van der Waals surface area (Å²) in [5.74, 6) is 1.81. The summed E-state index contributed by atoms with van der Waals surface area (Å²) in [5, 5.41) is 0. The van der Waals surface area contributed by atoms with Crippen molar-refractivity contribution in [3.8, 4) is 11.4 Å². The molecule has 2 aromatic heterocycles. The Hall–Kier alpha value is -2.05. The van der Waals surface area contributed by atoms with Gasteiger partial charge in [-0.15, -0.1) is 0 Å². The lowest BCUT2D eigenvalue weighted by atomic mass is 10.2. The molecule has 6 heteroatoms. The number of aryl methyl sites for hydroxylation is 1. The smallest absolute Gasteiger partial charge is 0.161 e. The minimum Gasteiger partial charge on any atom is -0.383 e. The van der Waals surface area contributed by atoms with Crippen molar-refractivity contribution in [3.63, 3.8) is 0 Å². The maximum absolute atomic E-state index is 5.28. The molecule has 2 aromatic rings. The second kappa shape index (κ2) is 8.36. The van der Waals surface area contributed by atoms with E-state index < -0.39 is 0 Å². The minimum atomic E-state index is 0.455. The van der Waals surface area contributed by atoms with Gasteiger partial charge in [-0.25, -0.2) is 9.97 Å². The summed E-state index contributed by atoms with van der Waals surface area (Å²) in [4.78, 5) is 18.4. The number of anilines is 1. The number of ether oxygens (including phenoxy) is 1. The van der Waals surface area contributed by atoms with Gasteiger partial charge < -0.3 is 9.64 Å². The highest BCUT2D eigenvalue weighted by Gasteiger charge is 2.22. The summed E-state index contributed by atoms with van der Waals surface area (Å²) in [5.41, 5.74) is 2.09. The van der Waals surface area contributed by atoms with Gasteiger partial charge in [-0.2, -0.15) is 0 Å². The fraction of sp³-hybridized carbons (Fsp3) is 0.526. The number of piperazine rings is 1. The average Bonchev–Trinajstić information content (AvgIpc) is 2.68. The number of rotatable bonds is 6. The standard InChI is InChI=1S/C19H27N5O/c1-4-17-13-18(22-19(21-17)16-5-7-20-8-6-16)24-11-9-23(10-12-24)15(2)14-25-3/h5-8,13,15H,4,9-12,14H2,1-3H3/t15-/m1/s1. The molecule has 6 nitrogen and oxygen atoms in total. The molecule has 0 radical (unpaired) electrons. The molecule has 0 saturated carbocycles. The SMILES string of the molecule is CCc1cc(N2CCN([C@H](C)COC)CC2)nc(-c2ccncc2)n1. The molecule has 0 amide bonds. The van der Waals surface area contributed by atoms with E-state index in [1.165, 1.54) is 0 Å². The van der Waals surface area contributed by atoms with Crippen molar-refractivity contribution in [2.24, 2.45) is 0 Å². The quantitative estimate of drug-likeness (QED) is 0.803. The van der Waals surface area contributed by atoms with Crippen molar-refractivity contribution >= 4 is 5.82 Å². The van der Waals surface area contributed by atoms with Crippen LogP contribution in [0.4, 0.5) is 5.82 Å². The number of hydrogen-bond acceptors (Lipinski definition) is 6. The zero-order chi connectivity index (χ0) is 17.6. The molecule has 0 unspecified atom stereocenters. The van der Waals surface area contributed by atoms with Crippen molar-refractivity contribution in [1.82, 2.24) is 19.9 Å². The third kappa shape index (κ3) is 4.32.